The highest BCUT2D eigenvalue weighted by molar-refractivity contribution is 5.39. The van der Waals surface area contributed by atoms with Gasteiger partial charge < -0.3 is 24.6 Å². The molecule has 0 atom stereocenters. The van der Waals surface area contributed by atoms with Gasteiger partial charge in [0.1, 0.15) is 6.61 Å². The van der Waals surface area contributed by atoms with Gasteiger partial charge >= 0.3 is 0 Å². The maximum absolute atomic E-state index is 10.3. The second-order valence-electron chi connectivity index (χ2n) is 5.24. The Kier molecular flexibility index (Phi) is 6.29. The van der Waals surface area contributed by atoms with Gasteiger partial charge in [-0.15, -0.1) is 0 Å². The van der Waals surface area contributed by atoms with Crippen molar-refractivity contribution >= 4 is 0 Å². The van der Waals surface area contributed by atoms with Crippen LogP contribution in [-0.4, -0.2) is 50.2 Å². The molecule has 0 aliphatic carbocycles. The summed E-state index contributed by atoms with van der Waals surface area (Å²) in [4.78, 5) is 0. The average Bonchev–Trinajstić information content (AvgIpc) is 2.49. The van der Waals surface area contributed by atoms with Crippen molar-refractivity contribution in [2.75, 3.05) is 39.5 Å². The highest BCUT2D eigenvalue weighted by Crippen LogP contribution is 2.26. The molecule has 1 aliphatic rings. The zero-order valence-corrected chi connectivity index (χ0v) is 12.6. The van der Waals surface area contributed by atoms with Crippen LogP contribution in [0.1, 0.15) is 19.8 Å². The molecule has 21 heavy (non-hydrogen) atoms. The third kappa shape index (κ3) is 5.19. The Morgan fingerprint density at radius 1 is 1.19 bits per heavy atom. The molecule has 0 amide bonds. The lowest BCUT2D eigenvalue weighted by molar-refractivity contribution is -0.0616. The Balaban J connectivity index is 1.67. The van der Waals surface area contributed by atoms with E-state index in [0.717, 1.165) is 11.5 Å². The van der Waals surface area contributed by atoms with Crippen LogP contribution in [0, 0.1) is 0 Å². The molecule has 0 spiro atoms. The van der Waals surface area contributed by atoms with Crippen LogP contribution < -0.4 is 14.8 Å². The molecule has 0 bridgehead atoms. The molecule has 1 heterocycles. The Labute approximate surface area is 126 Å². The number of hydrogen-bond acceptors (Lipinski definition) is 5. The third-order valence-electron chi connectivity index (χ3n) is 3.56. The molecule has 0 saturated carbocycles. The molecule has 2 N–H and O–H groups in total. The molecule has 1 saturated heterocycles. The summed E-state index contributed by atoms with van der Waals surface area (Å²) < 4.78 is 16.5. The quantitative estimate of drug-likeness (QED) is 0.713. The molecule has 5 nitrogen and oxygen atoms in total. The SMILES string of the molecule is CCOc1ccccc1OCCNCC1(O)CCOCC1. The fourth-order valence-electron chi connectivity index (χ4n) is 2.33. The highest BCUT2D eigenvalue weighted by Gasteiger charge is 2.28. The predicted octanol–water partition coefficient (Wildman–Crippen LogP) is 1.60. The van der Waals surface area contributed by atoms with Crippen molar-refractivity contribution in [3.63, 3.8) is 0 Å². The fraction of sp³-hybridized carbons (Fsp3) is 0.625. The largest absolute Gasteiger partial charge is 0.490 e. The van der Waals surface area contributed by atoms with Crippen molar-refractivity contribution in [2.45, 2.75) is 25.4 Å². The first kappa shape index (κ1) is 16.1. The van der Waals surface area contributed by atoms with Gasteiger partial charge in [0.05, 0.1) is 12.2 Å². The number of benzene rings is 1. The van der Waals surface area contributed by atoms with Crippen LogP contribution in [0.3, 0.4) is 0 Å². The second kappa shape index (κ2) is 8.22. The van der Waals surface area contributed by atoms with Crippen LogP contribution in [0.25, 0.3) is 0 Å². The third-order valence-corrected chi connectivity index (χ3v) is 3.56. The molecular weight excluding hydrogens is 270 g/mol. The number of para-hydroxylation sites is 2. The van der Waals surface area contributed by atoms with Gasteiger partial charge in [-0.1, -0.05) is 12.1 Å². The molecule has 1 aromatic carbocycles. The van der Waals surface area contributed by atoms with Crippen LogP contribution in [-0.2, 0) is 4.74 Å². The van der Waals surface area contributed by atoms with E-state index >= 15 is 0 Å². The molecule has 0 radical (unpaired) electrons. The zero-order valence-electron chi connectivity index (χ0n) is 12.6. The zero-order chi connectivity index (χ0) is 15.0. The van der Waals surface area contributed by atoms with Gasteiger partial charge in [-0.2, -0.15) is 0 Å². The molecule has 0 unspecified atom stereocenters. The van der Waals surface area contributed by atoms with Gasteiger partial charge in [0.2, 0.25) is 0 Å². The van der Waals surface area contributed by atoms with Gasteiger partial charge in [-0.25, -0.2) is 0 Å². The number of aliphatic hydroxyl groups is 1. The first-order chi connectivity index (χ1) is 10.2. The standard InChI is InChI=1S/C16H25NO4/c1-2-20-14-5-3-4-6-15(14)21-12-9-17-13-16(18)7-10-19-11-8-16/h3-6,17-18H,2,7-13H2,1H3. The highest BCUT2D eigenvalue weighted by atomic mass is 16.5. The van der Waals surface area contributed by atoms with E-state index in [1.54, 1.807) is 0 Å². The summed E-state index contributed by atoms with van der Waals surface area (Å²) in [6, 6.07) is 7.65. The second-order valence-corrected chi connectivity index (χ2v) is 5.24. The number of rotatable bonds is 8. The van der Waals surface area contributed by atoms with Crippen molar-refractivity contribution in [3.8, 4) is 11.5 Å². The minimum Gasteiger partial charge on any atom is -0.490 e. The number of hydrogen-bond donors (Lipinski definition) is 2. The lowest BCUT2D eigenvalue weighted by Crippen LogP contribution is -2.45. The molecular formula is C16H25NO4. The van der Waals surface area contributed by atoms with Crippen molar-refractivity contribution in [1.29, 1.82) is 0 Å². The van der Waals surface area contributed by atoms with Crippen molar-refractivity contribution in [2.24, 2.45) is 0 Å². The molecule has 2 rings (SSSR count). The van der Waals surface area contributed by atoms with E-state index in [1.165, 1.54) is 0 Å². The summed E-state index contributed by atoms with van der Waals surface area (Å²) in [6.07, 6.45) is 1.38. The van der Waals surface area contributed by atoms with Crippen LogP contribution in [0.15, 0.2) is 24.3 Å². The van der Waals surface area contributed by atoms with E-state index in [0.29, 0.717) is 52.4 Å². The summed E-state index contributed by atoms with van der Waals surface area (Å²) in [5, 5.41) is 13.5. The number of nitrogens with one attached hydrogen (secondary N) is 1. The first-order valence-corrected chi connectivity index (χ1v) is 7.59. The molecule has 1 aliphatic heterocycles. The van der Waals surface area contributed by atoms with Crippen molar-refractivity contribution < 1.29 is 19.3 Å². The molecule has 0 aromatic heterocycles. The summed E-state index contributed by atoms with van der Waals surface area (Å²) in [7, 11) is 0. The van der Waals surface area contributed by atoms with Gasteiger partial charge in [-0.3, -0.25) is 0 Å². The minimum atomic E-state index is -0.637. The summed E-state index contributed by atoms with van der Waals surface area (Å²) in [5.41, 5.74) is -0.637. The number of ether oxygens (including phenoxy) is 3. The van der Waals surface area contributed by atoms with E-state index in [-0.39, 0.29) is 0 Å². The minimum absolute atomic E-state index is 0.538. The van der Waals surface area contributed by atoms with Gasteiger partial charge in [0.15, 0.2) is 11.5 Å². The maximum Gasteiger partial charge on any atom is 0.161 e. The monoisotopic (exact) mass is 295 g/mol. The van der Waals surface area contributed by atoms with Crippen LogP contribution in [0.5, 0.6) is 11.5 Å². The average molecular weight is 295 g/mol. The van der Waals surface area contributed by atoms with Crippen molar-refractivity contribution in [1.82, 2.24) is 5.32 Å². The Morgan fingerprint density at radius 2 is 1.86 bits per heavy atom. The lowest BCUT2D eigenvalue weighted by atomic mass is 9.94. The van der Waals surface area contributed by atoms with E-state index in [2.05, 4.69) is 5.32 Å². The predicted molar refractivity (Wildman–Crippen MR) is 81.0 cm³/mol. The lowest BCUT2D eigenvalue weighted by Gasteiger charge is -2.32. The molecule has 118 valence electrons. The van der Waals surface area contributed by atoms with Gasteiger partial charge in [0, 0.05) is 39.1 Å². The molecule has 5 heteroatoms. The van der Waals surface area contributed by atoms with E-state index in [1.807, 2.05) is 31.2 Å². The maximum atomic E-state index is 10.3. The van der Waals surface area contributed by atoms with E-state index < -0.39 is 5.60 Å². The van der Waals surface area contributed by atoms with E-state index in [4.69, 9.17) is 14.2 Å². The van der Waals surface area contributed by atoms with Gasteiger partial charge in [0.25, 0.3) is 0 Å². The van der Waals surface area contributed by atoms with Crippen LogP contribution in [0.4, 0.5) is 0 Å². The van der Waals surface area contributed by atoms with E-state index in [9.17, 15) is 5.11 Å². The summed E-state index contributed by atoms with van der Waals surface area (Å²) in [5.74, 6) is 1.52. The first-order valence-electron chi connectivity index (χ1n) is 7.59. The Morgan fingerprint density at radius 3 is 2.52 bits per heavy atom. The van der Waals surface area contributed by atoms with Crippen LogP contribution >= 0.6 is 0 Å². The van der Waals surface area contributed by atoms with Crippen LogP contribution in [0.2, 0.25) is 0 Å². The Hall–Kier alpha value is -1.30. The fourth-order valence-corrected chi connectivity index (χ4v) is 2.33. The smallest absolute Gasteiger partial charge is 0.161 e. The van der Waals surface area contributed by atoms with Gasteiger partial charge in [-0.05, 0) is 19.1 Å². The molecule has 1 fully saturated rings. The summed E-state index contributed by atoms with van der Waals surface area (Å²) >= 11 is 0. The van der Waals surface area contributed by atoms with Crippen molar-refractivity contribution in [3.05, 3.63) is 24.3 Å². The molecule has 1 aromatic rings. The summed E-state index contributed by atoms with van der Waals surface area (Å²) in [6.45, 7) is 5.64. The topological polar surface area (TPSA) is 60.0 Å². The normalized spacial score (nSPS) is 17.4. The Bertz CT molecular complexity index is 418.